The van der Waals surface area contributed by atoms with Crippen LogP contribution in [0.15, 0.2) is 0 Å². The second kappa shape index (κ2) is 4.36. The van der Waals surface area contributed by atoms with Crippen molar-refractivity contribution in [1.82, 2.24) is 4.90 Å². The molecule has 3 nitrogen and oxygen atoms in total. The Morgan fingerprint density at radius 1 is 1.38 bits per heavy atom. The van der Waals surface area contributed by atoms with Crippen LogP contribution in [-0.4, -0.2) is 34.6 Å². The molecule has 0 atom stereocenters. The van der Waals surface area contributed by atoms with Crippen molar-refractivity contribution in [3.8, 4) is 0 Å². The van der Waals surface area contributed by atoms with Gasteiger partial charge in [-0.05, 0) is 24.7 Å². The van der Waals surface area contributed by atoms with E-state index in [0.29, 0.717) is 6.42 Å². The SMILES string of the molecule is CC(C)C1CN(C2(CC(=O)O)CCCC2)C1. The third-order valence-electron chi connectivity index (χ3n) is 4.54. The zero-order valence-electron chi connectivity index (χ0n) is 10.4. The molecule has 16 heavy (non-hydrogen) atoms. The molecular formula is C13H23NO2. The molecular weight excluding hydrogens is 202 g/mol. The standard InChI is InChI=1S/C13H23NO2/c1-10(2)11-8-14(9-11)13(7-12(15)16)5-3-4-6-13/h10-11H,3-9H2,1-2H3,(H,15,16). The van der Waals surface area contributed by atoms with Crippen LogP contribution < -0.4 is 0 Å². The largest absolute Gasteiger partial charge is 0.481 e. The minimum absolute atomic E-state index is 0.0111. The van der Waals surface area contributed by atoms with Crippen molar-refractivity contribution in [3.05, 3.63) is 0 Å². The van der Waals surface area contributed by atoms with E-state index >= 15 is 0 Å². The van der Waals surface area contributed by atoms with E-state index in [2.05, 4.69) is 18.7 Å². The Balaban J connectivity index is 1.97. The lowest BCUT2D eigenvalue weighted by molar-refractivity contribution is -0.142. The maximum absolute atomic E-state index is 11.0. The first kappa shape index (κ1) is 11.9. The van der Waals surface area contributed by atoms with Gasteiger partial charge in [0.2, 0.25) is 0 Å². The molecule has 0 aromatic rings. The summed E-state index contributed by atoms with van der Waals surface area (Å²) in [6.07, 6.45) is 4.93. The molecule has 0 aromatic carbocycles. The second-order valence-electron chi connectivity index (χ2n) is 5.91. The molecule has 0 spiro atoms. The highest BCUT2D eigenvalue weighted by molar-refractivity contribution is 5.68. The lowest BCUT2D eigenvalue weighted by Crippen LogP contribution is -2.60. The van der Waals surface area contributed by atoms with Gasteiger partial charge in [0.1, 0.15) is 0 Å². The average Bonchev–Trinajstić information content (AvgIpc) is 2.48. The van der Waals surface area contributed by atoms with Crippen molar-refractivity contribution < 1.29 is 9.90 Å². The Kier molecular flexibility index (Phi) is 3.24. The predicted octanol–water partition coefficient (Wildman–Crippen LogP) is 2.36. The zero-order chi connectivity index (χ0) is 11.8. The molecule has 0 unspecified atom stereocenters. The van der Waals surface area contributed by atoms with Gasteiger partial charge in [0.15, 0.2) is 0 Å². The molecule has 1 saturated carbocycles. The summed E-state index contributed by atoms with van der Waals surface area (Å²) in [6, 6.07) is 0. The van der Waals surface area contributed by atoms with Crippen LogP contribution in [0.5, 0.6) is 0 Å². The second-order valence-corrected chi connectivity index (χ2v) is 5.91. The van der Waals surface area contributed by atoms with Crippen LogP contribution in [0, 0.1) is 11.8 Å². The first-order valence-electron chi connectivity index (χ1n) is 6.50. The van der Waals surface area contributed by atoms with Gasteiger partial charge < -0.3 is 5.11 Å². The van der Waals surface area contributed by atoms with Gasteiger partial charge in [0.05, 0.1) is 6.42 Å². The van der Waals surface area contributed by atoms with E-state index in [-0.39, 0.29) is 5.54 Å². The van der Waals surface area contributed by atoms with E-state index in [1.54, 1.807) is 0 Å². The van der Waals surface area contributed by atoms with Crippen LogP contribution in [0.2, 0.25) is 0 Å². The van der Waals surface area contributed by atoms with E-state index in [1.807, 2.05) is 0 Å². The number of hydrogen-bond donors (Lipinski definition) is 1. The fourth-order valence-electron chi connectivity index (χ4n) is 3.24. The predicted molar refractivity (Wildman–Crippen MR) is 63.4 cm³/mol. The normalized spacial score (nSPS) is 25.9. The number of aliphatic carboxylic acids is 1. The van der Waals surface area contributed by atoms with Gasteiger partial charge >= 0.3 is 5.97 Å². The molecule has 1 aliphatic carbocycles. The van der Waals surface area contributed by atoms with Gasteiger partial charge in [-0.1, -0.05) is 26.7 Å². The summed E-state index contributed by atoms with van der Waals surface area (Å²) >= 11 is 0. The van der Waals surface area contributed by atoms with E-state index in [0.717, 1.165) is 37.8 Å². The van der Waals surface area contributed by atoms with Crippen LogP contribution in [0.3, 0.4) is 0 Å². The Hall–Kier alpha value is -0.570. The van der Waals surface area contributed by atoms with Crippen molar-refractivity contribution in [2.45, 2.75) is 51.5 Å². The molecule has 3 heteroatoms. The van der Waals surface area contributed by atoms with E-state index in [4.69, 9.17) is 5.11 Å². The van der Waals surface area contributed by atoms with Crippen molar-refractivity contribution in [2.75, 3.05) is 13.1 Å². The van der Waals surface area contributed by atoms with Crippen LogP contribution in [0.1, 0.15) is 46.0 Å². The molecule has 1 aliphatic heterocycles. The lowest BCUT2D eigenvalue weighted by Gasteiger charge is -2.52. The molecule has 1 heterocycles. The molecule has 0 amide bonds. The monoisotopic (exact) mass is 225 g/mol. The maximum Gasteiger partial charge on any atom is 0.305 e. The maximum atomic E-state index is 11.0. The summed E-state index contributed by atoms with van der Waals surface area (Å²) in [5.41, 5.74) is 0.0111. The summed E-state index contributed by atoms with van der Waals surface area (Å²) in [4.78, 5) is 13.4. The van der Waals surface area contributed by atoms with Crippen LogP contribution in [0.25, 0.3) is 0 Å². The Morgan fingerprint density at radius 3 is 2.38 bits per heavy atom. The Morgan fingerprint density at radius 2 is 1.94 bits per heavy atom. The molecule has 2 rings (SSSR count). The molecule has 1 N–H and O–H groups in total. The highest BCUT2D eigenvalue weighted by atomic mass is 16.4. The highest BCUT2D eigenvalue weighted by Gasteiger charge is 2.46. The van der Waals surface area contributed by atoms with E-state index in [9.17, 15) is 4.79 Å². The number of rotatable bonds is 4. The van der Waals surface area contributed by atoms with Crippen LogP contribution in [0.4, 0.5) is 0 Å². The zero-order valence-corrected chi connectivity index (χ0v) is 10.4. The molecule has 2 fully saturated rings. The van der Waals surface area contributed by atoms with Crippen molar-refractivity contribution in [2.24, 2.45) is 11.8 Å². The Labute approximate surface area is 97.8 Å². The molecule has 0 radical (unpaired) electrons. The van der Waals surface area contributed by atoms with Gasteiger partial charge in [-0.2, -0.15) is 0 Å². The van der Waals surface area contributed by atoms with Crippen LogP contribution in [-0.2, 0) is 4.79 Å². The molecule has 92 valence electrons. The van der Waals surface area contributed by atoms with Crippen molar-refractivity contribution in [3.63, 3.8) is 0 Å². The van der Waals surface area contributed by atoms with Crippen LogP contribution >= 0.6 is 0 Å². The van der Waals surface area contributed by atoms with Gasteiger partial charge in [0.25, 0.3) is 0 Å². The average molecular weight is 225 g/mol. The quantitative estimate of drug-likeness (QED) is 0.798. The summed E-state index contributed by atoms with van der Waals surface area (Å²) in [5.74, 6) is 0.890. The summed E-state index contributed by atoms with van der Waals surface area (Å²) in [7, 11) is 0. The summed E-state index contributed by atoms with van der Waals surface area (Å²) in [6.45, 7) is 6.76. The van der Waals surface area contributed by atoms with Gasteiger partial charge in [-0.25, -0.2) is 0 Å². The number of carboxylic acid groups (broad SMARTS) is 1. The topological polar surface area (TPSA) is 40.5 Å². The smallest absolute Gasteiger partial charge is 0.305 e. The summed E-state index contributed by atoms with van der Waals surface area (Å²) in [5, 5.41) is 9.06. The Bertz CT molecular complexity index is 263. The van der Waals surface area contributed by atoms with Gasteiger partial charge in [-0.3, -0.25) is 9.69 Å². The molecule has 2 aliphatic rings. The number of carbonyl (C=O) groups is 1. The molecule has 1 saturated heterocycles. The third kappa shape index (κ3) is 2.10. The fraction of sp³-hybridized carbons (Fsp3) is 0.923. The lowest BCUT2D eigenvalue weighted by atomic mass is 9.80. The fourth-order valence-corrected chi connectivity index (χ4v) is 3.24. The number of carboxylic acids is 1. The first-order chi connectivity index (χ1) is 7.53. The number of hydrogen-bond acceptors (Lipinski definition) is 2. The number of nitrogens with zero attached hydrogens (tertiary/aromatic N) is 1. The van der Waals surface area contributed by atoms with Crippen molar-refractivity contribution >= 4 is 5.97 Å². The molecule has 0 bridgehead atoms. The van der Waals surface area contributed by atoms with E-state index < -0.39 is 5.97 Å². The van der Waals surface area contributed by atoms with Gasteiger partial charge in [0, 0.05) is 18.6 Å². The highest BCUT2D eigenvalue weighted by Crippen LogP contribution is 2.42. The molecule has 0 aromatic heterocycles. The summed E-state index contributed by atoms with van der Waals surface area (Å²) < 4.78 is 0. The third-order valence-corrected chi connectivity index (χ3v) is 4.54. The van der Waals surface area contributed by atoms with Crippen molar-refractivity contribution in [1.29, 1.82) is 0 Å². The minimum atomic E-state index is -0.630. The minimum Gasteiger partial charge on any atom is -0.481 e. The van der Waals surface area contributed by atoms with E-state index in [1.165, 1.54) is 12.8 Å². The first-order valence-corrected chi connectivity index (χ1v) is 6.50. The number of likely N-dealkylation sites (tertiary alicyclic amines) is 1. The van der Waals surface area contributed by atoms with Gasteiger partial charge in [-0.15, -0.1) is 0 Å².